The molecular formula is C26H30N2O6S. The van der Waals surface area contributed by atoms with E-state index < -0.39 is 28.5 Å². The minimum Gasteiger partial charge on any atom is -0.496 e. The molecule has 0 aliphatic heterocycles. The summed E-state index contributed by atoms with van der Waals surface area (Å²) in [6.07, 6.45) is 0. The van der Waals surface area contributed by atoms with Crippen molar-refractivity contribution in [3.63, 3.8) is 0 Å². The lowest BCUT2D eigenvalue weighted by Gasteiger charge is -2.26. The summed E-state index contributed by atoms with van der Waals surface area (Å²) in [6, 6.07) is 18.1. The normalized spacial score (nSPS) is 11.9. The molecule has 1 atom stereocenters. The van der Waals surface area contributed by atoms with E-state index in [2.05, 4.69) is 5.32 Å². The van der Waals surface area contributed by atoms with Crippen LogP contribution in [0.1, 0.15) is 24.1 Å². The van der Waals surface area contributed by atoms with Crippen molar-refractivity contribution in [1.29, 1.82) is 0 Å². The molecule has 0 aliphatic carbocycles. The molecular weight excluding hydrogens is 468 g/mol. The van der Waals surface area contributed by atoms with E-state index in [1.807, 2.05) is 32.0 Å². The van der Waals surface area contributed by atoms with Gasteiger partial charge in [0.15, 0.2) is 11.5 Å². The maximum Gasteiger partial charge on any atom is 0.264 e. The van der Waals surface area contributed by atoms with Gasteiger partial charge >= 0.3 is 0 Å². The zero-order valence-electron chi connectivity index (χ0n) is 20.4. The standard InChI is InChI=1S/C26H30N2O6S/c1-18-10-13-21(14-11-18)35(30,31)28(20-12-15-24(33-4)25(16-20)34-5)17-26(29)27-19(2)22-8-6-7-9-23(22)32-3/h6-16,19H,17H2,1-5H3,(H,27,29)/t19-/m0/s1. The molecule has 0 saturated heterocycles. The zero-order valence-corrected chi connectivity index (χ0v) is 21.3. The van der Waals surface area contributed by atoms with Gasteiger partial charge in [-0.15, -0.1) is 0 Å². The first-order valence-electron chi connectivity index (χ1n) is 10.9. The summed E-state index contributed by atoms with van der Waals surface area (Å²) in [7, 11) is 0.435. The summed E-state index contributed by atoms with van der Waals surface area (Å²) in [6.45, 7) is 3.24. The maximum absolute atomic E-state index is 13.6. The maximum atomic E-state index is 13.6. The number of carbonyl (C=O) groups excluding carboxylic acids is 1. The van der Waals surface area contributed by atoms with E-state index in [1.165, 1.54) is 32.4 Å². The lowest BCUT2D eigenvalue weighted by Crippen LogP contribution is -2.41. The van der Waals surface area contributed by atoms with Crippen LogP contribution in [0.5, 0.6) is 17.2 Å². The fourth-order valence-corrected chi connectivity index (χ4v) is 5.06. The van der Waals surface area contributed by atoms with Crippen LogP contribution in [-0.4, -0.2) is 42.2 Å². The molecule has 1 amide bonds. The molecule has 0 spiro atoms. The monoisotopic (exact) mass is 498 g/mol. The molecule has 0 fully saturated rings. The highest BCUT2D eigenvalue weighted by atomic mass is 32.2. The summed E-state index contributed by atoms with van der Waals surface area (Å²) in [4.78, 5) is 13.2. The van der Waals surface area contributed by atoms with Gasteiger partial charge in [0.1, 0.15) is 12.3 Å². The number of amides is 1. The van der Waals surface area contributed by atoms with Crippen molar-refractivity contribution < 1.29 is 27.4 Å². The second-order valence-electron chi connectivity index (χ2n) is 7.90. The number of anilines is 1. The Balaban J connectivity index is 1.97. The van der Waals surface area contributed by atoms with Crippen LogP contribution in [0.15, 0.2) is 71.6 Å². The second kappa shape index (κ2) is 11.1. The minimum absolute atomic E-state index is 0.0726. The van der Waals surface area contributed by atoms with Crippen molar-refractivity contribution in [1.82, 2.24) is 5.32 Å². The van der Waals surface area contributed by atoms with Crippen LogP contribution >= 0.6 is 0 Å². The van der Waals surface area contributed by atoms with Gasteiger partial charge in [0, 0.05) is 11.6 Å². The third-order valence-corrected chi connectivity index (χ3v) is 7.32. The average Bonchev–Trinajstić information content (AvgIpc) is 2.86. The molecule has 0 radical (unpaired) electrons. The highest BCUT2D eigenvalue weighted by Gasteiger charge is 2.29. The third-order valence-electron chi connectivity index (χ3n) is 5.53. The highest BCUT2D eigenvalue weighted by Crippen LogP contribution is 2.34. The minimum atomic E-state index is -4.07. The van der Waals surface area contributed by atoms with Gasteiger partial charge in [0.25, 0.3) is 10.0 Å². The van der Waals surface area contributed by atoms with Crippen molar-refractivity contribution in [2.75, 3.05) is 32.2 Å². The molecule has 9 heteroatoms. The number of ether oxygens (including phenoxy) is 3. The lowest BCUT2D eigenvalue weighted by molar-refractivity contribution is -0.120. The van der Waals surface area contributed by atoms with Gasteiger partial charge in [-0.1, -0.05) is 35.9 Å². The van der Waals surface area contributed by atoms with Gasteiger partial charge in [-0.3, -0.25) is 9.10 Å². The summed E-state index contributed by atoms with van der Waals surface area (Å²) in [5, 5.41) is 2.87. The van der Waals surface area contributed by atoms with E-state index >= 15 is 0 Å². The number of nitrogens with zero attached hydrogens (tertiary/aromatic N) is 1. The molecule has 0 heterocycles. The van der Waals surface area contributed by atoms with Crippen LogP contribution in [0.4, 0.5) is 5.69 Å². The Hall–Kier alpha value is -3.72. The van der Waals surface area contributed by atoms with Crippen molar-refractivity contribution in [3.8, 4) is 17.2 Å². The van der Waals surface area contributed by atoms with Gasteiger partial charge in [0.2, 0.25) is 5.91 Å². The highest BCUT2D eigenvalue weighted by molar-refractivity contribution is 7.92. The van der Waals surface area contributed by atoms with E-state index in [1.54, 1.807) is 37.4 Å². The van der Waals surface area contributed by atoms with E-state index in [4.69, 9.17) is 14.2 Å². The number of nitrogens with one attached hydrogen (secondary N) is 1. The molecule has 3 rings (SSSR count). The van der Waals surface area contributed by atoms with Crippen LogP contribution in [0.3, 0.4) is 0 Å². The molecule has 3 aromatic carbocycles. The van der Waals surface area contributed by atoms with Crippen molar-refractivity contribution in [2.45, 2.75) is 24.8 Å². The molecule has 35 heavy (non-hydrogen) atoms. The number of sulfonamides is 1. The fraction of sp³-hybridized carbons (Fsp3) is 0.269. The van der Waals surface area contributed by atoms with E-state index in [0.29, 0.717) is 17.2 Å². The number of hydrogen-bond donors (Lipinski definition) is 1. The molecule has 1 N–H and O–H groups in total. The zero-order chi connectivity index (χ0) is 25.6. The molecule has 0 bridgehead atoms. The summed E-state index contributed by atoms with van der Waals surface area (Å²) < 4.78 is 44.4. The van der Waals surface area contributed by atoms with Gasteiger partial charge < -0.3 is 19.5 Å². The van der Waals surface area contributed by atoms with Gasteiger partial charge in [-0.25, -0.2) is 8.42 Å². The fourth-order valence-electron chi connectivity index (χ4n) is 3.65. The number of methoxy groups -OCH3 is 3. The number of rotatable bonds is 10. The molecule has 3 aromatic rings. The third kappa shape index (κ3) is 5.86. The number of para-hydroxylation sites is 1. The van der Waals surface area contributed by atoms with Gasteiger partial charge in [-0.05, 0) is 44.2 Å². The predicted octanol–water partition coefficient (Wildman–Crippen LogP) is 4.09. The molecule has 0 saturated carbocycles. The van der Waals surface area contributed by atoms with Crippen LogP contribution in [-0.2, 0) is 14.8 Å². The Labute approximate surface area is 206 Å². The summed E-state index contributed by atoms with van der Waals surface area (Å²) in [5.74, 6) is 0.938. The first-order chi connectivity index (χ1) is 16.7. The van der Waals surface area contributed by atoms with E-state index in [-0.39, 0.29) is 10.6 Å². The van der Waals surface area contributed by atoms with Gasteiger partial charge in [0.05, 0.1) is 38.0 Å². The van der Waals surface area contributed by atoms with Crippen LogP contribution in [0.2, 0.25) is 0 Å². The van der Waals surface area contributed by atoms with Crippen LogP contribution in [0, 0.1) is 6.92 Å². The quantitative estimate of drug-likeness (QED) is 0.452. The van der Waals surface area contributed by atoms with Crippen LogP contribution in [0.25, 0.3) is 0 Å². The Bertz CT molecular complexity index is 1280. The Kier molecular flexibility index (Phi) is 8.24. The topological polar surface area (TPSA) is 94.2 Å². The molecule has 0 unspecified atom stereocenters. The lowest BCUT2D eigenvalue weighted by atomic mass is 10.1. The van der Waals surface area contributed by atoms with E-state index in [9.17, 15) is 13.2 Å². The smallest absolute Gasteiger partial charge is 0.264 e. The molecule has 0 aliphatic rings. The molecule has 8 nitrogen and oxygen atoms in total. The number of carbonyl (C=O) groups is 1. The SMILES string of the molecule is COc1ccc(N(CC(=O)N[C@@H](C)c2ccccc2OC)S(=O)(=O)c2ccc(C)cc2)cc1OC. The van der Waals surface area contributed by atoms with Crippen molar-refractivity contribution in [2.24, 2.45) is 0 Å². The molecule has 0 aromatic heterocycles. The Morgan fingerprint density at radius 3 is 2.14 bits per heavy atom. The summed E-state index contributed by atoms with van der Waals surface area (Å²) in [5.41, 5.74) is 1.97. The second-order valence-corrected chi connectivity index (χ2v) is 9.76. The number of aryl methyl sites for hydroxylation is 1. The van der Waals surface area contributed by atoms with Gasteiger partial charge in [-0.2, -0.15) is 0 Å². The Morgan fingerprint density at radius 1 is 0.886 bits per heavy atom. The first-order valence-corrected chi connectivity index (χ1v) is 12.4. The largest absolute Gasteiger partial charge is 0.496 e. The van der Waals surface area contributed by atoms with Crippen LogP contribution < -0.4 is 23.8 Å². The predicted molar refractivity (Wildman–Crippen MR) is 135 cm³/mol. The van der Waals surface area contributed by atoms with Crippen molar-refractivity contribution >= 4 is 21.6 Å². The Morgan fingerprint density at radius 2 is 1.51 bits per heavy atom. The average molecular weight is 499 g/mol. The summed E-state index contributed by atoms with van der Waals surface area (Å²) >= 11 is 0. The number of hydrogen-bond acceptors (Lipinski definition) is 6. The number of benzene rings is 3. The molecule has 186 valence electrons. The van der Waals surface area contributed by atoms with E-state index in [0.717, 1.165) is 15.4 Å². The van der Waals surface area contributed by atoms with Crippen molar-refractivity contribution in [3.05, 3.63) is 77.9 Å². The first kappa shape index (κ1) is 25.9.